The molecule has 94 valence electrons. The van der Waals surface area contributed by atoms with Crippen LogP contribution in [0.1, 0.15) is 52.9 Å². The number of nitrogens with two attached hydrogens (primary N) is 1. The van der Waals surface area contributed by atoms with E-state index in [2.05, 4.69) is 19.2 Å². The van der Waals surface area contributed by atoms with E-state index in [4.69, 9.17) is 5.73 Å². The van der Waals surface area contributed by atoms with E-state index >= 15 is 0 Å². The zero-order valence-electron chi connectivity index (χ0n) is 10.8. The molecular weight excluding hydrogens is 200 g/mol. The van der Waals surface area contributed by atoms with Crippen molar-refractivity contribution in [2.45, 2.75) is 65.0 Å². The number of rotatable bonds is 4. The maximum atomic E-state index is 11.9. The molecule has 0 bridgehead atoms. The van der Waals surface area contributed by atoms with Crippen molar-refractivity contribution in [3.05, 3.63) is 0 Å². The molecule has 3 nitrogen and oxygen atoms in total. The smallest absolute Gasteiger partial charge is 0.237 e. The molecule has 0 aliphatic heterocycles. The lowest BCUT2D eigenvalue weighted by Crippen LogP contribution is -2.50. The maximum absolute atomic E-state index is 11.9. The van der Waals surface area contributed by atoms with Crippen LogP contribution >= 0.6 is 0 Å². The summed E-state index contributed by atoms with van der Waals surface area (Å²) >= 11 is 0. The number of nitrogens with one attached hydrogen (secondary N) is 1. The summed E-state index contributed by atoms with van der Waals surface area (Å²) in [5.74, 6) is 0.897. The van der Waals surface area contributed by atoms with Crippen LogP contribution < -0.4 is 11.1 Å². The third-order valence-electron chi connectivity index (χ3n) is 4.00. The summed E-state index contributed by atoms with van der Waals surface area (Å²) < 4.78 is 0. The molecule has 16 heavy (non-hydrogen) atoms. The molecule has 1 rings (SSSR count). The van der Waals surface area contributed by atoms with Crippen molar-refractivity contribution in [1.82, 2.24) is 5.32 Å². The maximum Gasteiger partial charge on any atom is 0.237 e. The van der Waals surface area contributed by atoms with Gasteiger partial charge in [-0.25, -0.2) is 0 Å². The van der Waals surface area contributed by atoms with Crippen LogP contribution in [0.5, 0.6) is 0 Å². The molecule has 1 amide bonds. The number of hydrogen-bond acceptors (Lipinski definition) is 2. The summed E-state index contributed by atoms with van der Waals surface area (Å²) in [4.78, 5) is 11.9. The molecule has 0 aromatic heterocycles. The van der Waals surface area contributed by atoms with Crippen molar-refractivity contribution in [2.75, 3.05) is 0 Å². The zero-order valence-corrected chi connectivity index (χ0v) is 10.8. The zero-order chi connectivity index (χ0) is 12.1. The van der Waals surface area contributed by atoms with Crippen molar-refractivity contribution in [3.63, 3.8) is 0 Å². The van der Waals surface area contributed by atoms with Gasteiger partial charge in [0.2, 0.25) is 5.91 Å². The lowest BCUT2D eigenvalue weighted by Gasteiger charge is -2.31. The topological polar surface area (TPSA) is 55.1 Å². The van der Waals surface area contributed by atoms with E-state index in [9.17, 15) is 4.79 Å². The fraction of sp³-hybridized carbons (Fsp3) is 0.923. The van der Waals surface area contributed by atoms with Gasteiger partial charge in [-0.2, -0.15) is 0 Å². The molecule has 0 spiro atoms. The van der Waals surface area contributed by atoms with E-state index in [1.54, 1.807) is 0 Å². The van der Waals surface area contributed by atoms with E-state index in [0.717, 1.165) is 12.8 Å². The van der Waals surface area contributed by atoms with Gasteiger partial charge in [-0.15, -0.1) is 0 Å². The van der Waals surface area contributed by atoms with Crippen molar-refractivity contribution >= 4 is 5.91 Å². The molecule has 0 radical (unpaired) electrons. The average Bonchev–Trinajstić information content (AvgIpc) is 2.30. The minimum absolute atomic E-state index is 0.0353. The first-order valence-electron chi connectivity index (χ1n) is 6.62. The largest absolute Gasteiger partial charge is 0.352 e. The Hall–Kier alpha value is -0.570. The second-order valence-corrected chi connectivity index (χ2v) is 5.29. The first kappa shape index (κ1) is 13.5. The molecule has 1 fully saturated rings. The molecule has 0 aromatic rings. The van der Waals surface area contributed by atoms with E-state index in [1.807, 2.05) is 6.92 Å². The Balaban J connectivity index is 2.43. The Morgan fingerprint density at radius 1 is 1.44 bits per heavy atom. The number of hydrogen-bond donors (Lipinski definition) is 2. The predicted molar refractivity (Wildman–Crippen MR) is 67.0 cm³/mol. The van der Waals surface area contributed by atoms with Crippen LogP contribution in [0.2, 0.25) is 0 Å². The van der Waals surface area contributed by atoms with Crippen LogP contribution in [0, 0.1) is 11.8 Å². The van der Waals surface area contributed by atoms with Crippen LogP contribution in [-0.4, -0.2) is 18.0 Å². The van der Waals surface area contributed by atoms with Crippen LogP contribution in [0.3, 0.4) is 0 Å². The van der Waals surface area contributed by atoms with Crippen molar-refractivity contribution in [1.29, 1.82) is 0 Å². The minimum atomic E-state index is -0.348. The highest BCUT2D eigenvalue weighted by Gasteiger charge is 2.26. The molecule has 4 atom stereocenters. The van der Waals surface area contributed by atoms with Crippen LogP contribution in [0.25, 0.3) is 0 Å². The lowest BCUT2D eigenvalue weighted by atomic mass is 9.85. The summed E-state index contributed by atoms with van der Waals surface area (Å²) in [6, 6.07) is -0.00418. The average molecular weight is 226 g/mol. The van der Waals surface area contributed by atoms with Gasteiger partial charge in [-0.3, -0.25) is 4.79 Å². The molecule has 4 unspecified atom stereocenters. The number of carbonyl (C=O) groups is 1. The van der Waals surface area contributed by atoms with Crippen LogP contribution in [0.15, 0.2) is 0 Å². The van der Waals surface area contributed by atoms with Gasteiger partial charge in [0.25, 0.3) is 0 Å². The Morgan fingerprint density at radius 3 is 2.62 bits per heavy atom. The Morgan fingerprint density at radius 2 is 2.06 bits per heavy atom. The first-order valence-corrected chi connectivity index (χ1v) is 6.62. The van der Waals surface area contributed by atoms with Crippen LogP contribution in [-0.2, 0) is 4.79 Å². The predicted octanol–water partition coefficient (Wildman–Crippen LogP) is 2.05. The highest BCUT2D eigenvalue weighted by atomic mass is 16.2. The fourth-order valence-electron chi connectivity index (χ4n) is 2.32. The molecule has 0 heterocycles. The molecule has 0 saturated heterocycles. The molecule has 3 N–H and O–H groups in total. The standard InChI is InChI=1S/C13H26N2O/c1-4-9(2)12(14)13(16)15-11-8-6-5-7-10(11)3/h9-12H,4-8,14H2,1-3H3,(H,15,16). The van der Waals surface area contributed by atoms with Gasteiger partial charge in [0.1, 0.15) is 0 Å². The van der Waals surface area contributed by atoms with Gasteiger partial charge in [0, 0.05) is 6.04 Å². The Bertz CT molecular complexity index is 230. The van der Waals surface area contributed by atoms with Crippen molar-refractivity contribution in [3.8, 4) is 0 Å². The van der Waals surface area contributed by atoms with E-state index in [-0.39, 0.29) is 17.9 Å². The third kappa shape index (κ3) is 3.48. The second kappa shape index (κ2) is 6.24. The van der Waals surface area contributed by atoms with Crippen molar-refractivity contribution < 1.29 is 4.79 Å². The highest BCUT2D eigenvalue weighted by molar-refractivity contribution is 5.82. The van der Waals surface area contributed by atoms with Gasteiger partial charge < -0.3 is 11.1 Å². The Labute approximate surface area is 99.2 Å². The Kier molecular flexibility index (Phi) is 5.26. The molecule has 0 aromatic carbocycles. The SMILES string of the molecule is CCC(C)C(N)C(=O)NC1CCCCC1C. The fourth-order valence-corrected chi connectivity index (χ4v) is 2.32. The molecule has 1 aliphatic rings. The van der Waals surface area contributed by atoms with Gasteiger partial charge in [0.15, 0.2) is 0 Å². The molecule has 3 heteroatoms. The van der Waals surface area contributed by atoms with E-state index in [1.165, 1.54) is 19.3 Å². The summed E-state index contributed by atoms with van der Waals surface area (Å²) in [7, 11) is 0. The van der Waals surface area contributed by atoms with Gasteiger partial charge in [-0.1, -0.05) is 40.0 Å². The summed E-state index contributed by atoms with van der Waals surface area (Å²) in [5.41, 5.74) is 5.92. The van der Waals surface area contributed by atoms with Crippen LogP contribution in [0.4, 0.5) is 0 Å². The second-order valence-electron chi connectivity index (χ2n) is 5.29. The van der Waals surface area contributed by atoms with E-state index < -0.39 is 0 Å². The molecule has 1 saturated carbocycles. The minimum Gasteiger partial charge on any atom is -0.352 e. The molecular formula is C13H26N2O. The van der Waals surface area contributed by atoms with Gasteiger partial charge >= 0.3 is 0 Å². The summed E-state index contributed by atoms with van der Waals surface area (Å²) in [5, 5.41) is 3.12. The summed E-state index contributed by atoms with van der Waals surface area (Å²) in [6.07, 6.45) is 5.82. The van der Waals surface area contributed by atoms with Gasteiger partial charge in [0.05, 0.1) is 6.04 Å². The number of carbonyl (C=O) groups excluding carboxylic acids is 1. The number of amides is 1. The summed E-state index contributed by atoms with van der Waals surface area (Å²) in [6.45, 7) is 6.33. The molecule has 1 aliphatic carbocycles. The first-order chi connectivity index (χ1) is 7.56. The van der Waals surface area contributed by atoms with E-state index in [0.29, 0.717) is 12.0 Å². The van der Waals surface area contributed by atoms with Crippen molar-refractivity contribution in [2.24, 2.45) is 17.6 Å². The highest BCUT2D eigenvalue weighted by Crippen LogP contribution is 2.23. The van der Waals surface area contributed by atoms with Gasteiger partial charge in [-0.05, 0) is 24.7 Å². The monoisotopic (exact) mass is 226 g/mol. The quantitative estimate of drug-likeness (QED) is 0.771. The normalized spacial score (nSPS) is 29.5. The lowest BCUT2D eigenvalue weighted by molar-refractivity contribution is -0.124. The third-order valence-corrected chi connectivity index (χ3v) is 4.00.